The van der Waals surface area contributed by atoms with Crippen molar-refractivity contribution in [1.29, 1.82) is 0 Å². The summed E-state index contributed by atoms with van der Waals surface area (Å²) in [5, 5.41) is 0. The summed E-state index contributed by atoms with van der Waals surface area (Å²) in [7, 11) is 0. The van der Waals surface area contributed by atoms with E-state index in [0.29, 0.717) is 6.42 Å². The lowest BCUT2D eigenvalue weighted by molar-refractivity contribution is 0.631. The molecule has 1 aromatic carbocycles. The molecule has 0 saturated heterocycles. The minimum atomic E-state index is -0.384. The van der Waals surface area contributed by atoms with Gasteiger partial charge >= 0.3 is 0 Å². The second-order valence-corrected chi connectivity index (χ2v) is 4.20. The van der Waals surface area contributed by atoms with E-state index in [0.717, 1.165) is 29.5 Å². The van der Waals surface area contributed by atoms with Crippen molar-refractivity contribution < 1.29 is 4.39 Å². The zero-order valence-electron chi connectivity index (χ0n) is 10.4. The van der Waals surface area contributed by atoms with E-state index in [-0.39, 0.29) is 11.5 Å². The van der Waals surface area contributed by atoms with Crippen LogP contribution >= 0.6 is 0 Å². The first kappa shape index (κ1) is 12.4. The fraction of sp³-hybridized carbons (Fsp3) is 0.308. The molecule has 18 heavy (non-hydrogen) atoms. The van der Waals surface area contributed by atoms with Crippen molar-refractivity contribution in [2.24, 2.45) is 0 Å². The molecule has 0 spiro atoms. The number of rotatable bonds is 3. The molecular formula is C13H15FN4. The number of hydrogen-bond acceptors (Lipinski definition) is 4. The fourth-order valence-electron chi connectivity index (χ4n) is 1.80. The number of nitrogens with two attached hydrogens (primary N) is 1. The minimum absolute atomic E-state index is 0.176. The average molecular weight is 246 g/mol. The Labute approximate surface area is 105 Å². The Hall–Kier alpha value is -2.04. The number of hydrogen-bond donors (Lipinski definition) is 1. The van der Waals surface area contributed by atoms with Gasteiger partial charge in [-0.2, -0.15) is 0 Å². The molecule has 0 aliphatic heterocycles. The van der Waals surface area contributed by atoms with Crippen LogP contribution in [-0.4, -0.2) is 15.0 Å². The second-order valence-electron chi connectivity index (χ2n) is 4.20. The lowest BCUT2D eigenvalue weighted by Gasteiger charge is -2.04. The Morgan fingerprint density at radius 3 is 2.33 bits per heavy atom. The highest BCUT2D eigenvalue weighted by atomic mass is 19.1. The molecule has 94 valence electrons. The second kappa shape index (κ2) is 5.08. The largest absolute Gasteiger partial charge is 0.396 e. The van der Waals surface area contributed by atoms with Gasteiger partial charge in [-0.25, -0.2) is 19.3 Å². The quantitative estimate of drug-likeness (QED) is 0.841. The van der Waals surface area contributed by atoms with E-state index >= 15 is 0 Å². The number of anilines is 1. The van der Waals surface area contributed by atoms with Gasteiger partial charge in [-0.15, -0.1) is 0 Å². The Kier molecular flexibility index (Phi) is 3.50. The van der Waals surface area contributed by atoms with Crippen LogP contribution in [0.1, 0.15) is 23.0 Å². The first-order valence-corrected chi connectivity index (χ1v) is 5.76. The fourth-order valence-corrected chi connectivity index (χ4v) is 1.80. The summed E-state index contributed by atoms with van der Waals surface area (Å²) >= 11 is 0. The van der Waals surface area contributed by atoms with Gasteiger partial charge < -0.3 is 5.73 Å². The van der Waals surface area contributed by atoms with Crippen LogP contribution in [0.2, 0.25) is 0 Å². The third kappa shape index (κ3) is 3.00. The van der Waals surface area contributed by atoms with Gasteiger partial charge in [-0.05, 0) is 38.0 Å². The Morgan fingerprint density at radius 2 is 1.72 bits per heavy atom. The summed E-state index contributed by atoms with van der Waals surface area (Å²) in [6.07, 6.45) is 1.42. The number of halogens is 1. The molecule has 4 nitrogen and oxygen atoms in total. The molecule has 2 aromatic rings. The monoisotopic (exact) mass is 246 g/mol. The predicted octanol–water partition coefficient (Wildman–Crippen LogP) is 1.99. The number of nitrogens with zero attached hydrogens (tertiary/aromatic N) is 3. The molecule has 2 rings (SSSR count). The van der Waals surface area contributed by atoms with E-state index in [1.54, 1.807) is 12.1 Å². The van der Waals surface area contributed by atoms with Crippen LogP contribution in [0.5, 0.6) is 0 Å². The van der Waals surface area contributed by atoms with Crippen molar-refractivity contribution in [1.82, 2.24) is 15.0 Å². The van der Waals surface area contributed by atoms with Crippen LogP contribution in [0.15, 0.2) is 18.2 Å². The van der Waals surface area contributed by atoms with Gasteiger partial charge in [0.25, 0.3) is 0 Å². The molecule has 0 aliphatic rings. The van der Waals surface area contributed by atoms with Crippen molar-refractivity contribution >= 4 is 5.69 Å². The van der Waals surface area contributed by atoms with Gasteiger partial charge in [0.15, 0.2) is 0 Å². The zero-order valence-corrected chi connectivity index (χ0v) is 10.4. The average Bonchev–Trinajstić information content (AvgIpc) is 2.29. The van der Waals surface area contributed by atoms with E-state index < -0.39 is 0 Å². The lowest BCUT2D eigenvalue weighted by atomic mass is 10.1. The van der Waals surface area contributed by atoms with E-state index in [4.69, 9.17) is 5.73 Å². The normalized spacial score (nSPS) is 10.6. The molecule has 0 atom stereocenters. The van der Waals surface area contributed by atoms with Crippen molar-refractivity contribution in [2.45, 2.75) is 26.7 Å². The summed E-state index contributed by atoms with van der Waals surface area (Å²) in [4.78, 5) is 12.6. The van der Waals surface area contributed by atoms with Crippen molar-refractivity contribution in [3.05, 3.63) is 47.1 Å². The molecule has 0 aliphatic carbocycles. The predicted molar refractivity (Wildman–Crippen MR) is 67.5 cm³/mol. The molecule has 1 aromatic heterocycles. The number of benzene rings is 1. The molecule has 0 radical (unpaired) electrons. The van der Waals surface area contributed by atoms with Gasteiger partial charge in [-0.3, -0.25) is 0 Å². The Bertz CT molecular complexity index is 549. The van der Waals surface area contributed by atoms with Crippen molar-refractivity contribution in [3.63, 3.8) is 0 Å². The highest BCUT2D eigenvalue weighted by Gasteiger charge is 2.04. The number of aryl methyl sites for hydroxylation is 4. The van der Waals surface area contributed by atoms with Gasteiger partial charge in [-0.1, -0.05) is 6.07 Å². The molecule has 0 bridgehead atoms. The lowest BCUT2D eigenvalue weighted by Crippen LogP contribution is -2.04. The van der Waals surface area contributed by atoms with Crippen LogP contribution in [0.3, 0.4) is 0 Å². The molecule has 0 saturated carbocycles. The maximum atomic E-state index is 13.0. The topological polar surface area (TPSA) is 64.7 Å². The van der Waals surface area contributed by atoms with Gasteiger partial charge in [0.2, 0.25) is 0 Å². The Morgan fingerprint density at radius 1 is 1.06 bits per heavy atom. The maximum absolute atomic E-state index is 13.0. The third-order valence-corrected chi connectivity index (χ3v) is 2.60. The highest BCUT2D eigenvalue weighted by molar-refractivity contribution is 5.42. The smallest absolute Gasteiger partial charge is 0.146 e. The summed E-state index contributed by atoms with van der Waals surface area (Å²) in [5.41, 5.74) is 6.67. The summed E-state index contributed by atoms with van der Waals surface area (Å²) in [6, 6.07) is 4.76. The van der Waals surface area contributed by atoms with E-state index in [1.165, 1.54) is 6.07 Å². The first-order chi connectivity index (χ1) is 8.54. The molecule has 0 fully saturated rings. The summed E-state index contributed by atoms with van der Waals surface area (Å²) < 4.78 is 13.0. The molecule has 2 N–H and O–H groups in total. The first-order valence-electron chi connectivity index (χ1n) is 5.76. The minimum Gasteiger partial charge on any atom is -0.396 e. The van der Waals surface area contributed by atoms with Crippen LogP contribution < -0.4 is 5.73 Å². The Balaban J connectivity index is 2.08. The SMILES string of the molecule is Cc1nc(C)nc(CCc2ccc(F)c(N)c2)n1. The van der Waals surface area contributed by atoms with Gasteiger partial charge in [0, 0.05) is 6.42 Å². The third-order valence-electron chi connectivity index (χ3n) is 2.60. The standard InChI is InChI=1S/C13H15FN4/c1-8-16-9(2)18-13(17-8)6-4-10-3-5-11(14)12(15)7-10/h3,5,7H,4,6,15H2,1-2H3. The maximum Gasteiger partial charge on any atom is 0.146 e. The van der Waals surface area contributed by atoms with Crippen LogP contribution in [-0.2, 0) is 12.8 Å². The molecule has 0 amide bonds. The molecule has 0 unspecified atom stereocenters. The van der Waals surface area contributed by atoms with Gasteiger partial charge in [0.1, 0.15) is 23.3 Å². The number of aromatic nitrogens is 3. The van der Waals surface area contributed by atoms with E-state index in [1.807, 2.05) is 13.8 Å². The zero-order chi connectivity index (χ0) is 13.1. The van der Waals surface area contributed by atoms with Crippen molar-refractivity contribution in [2.75, 3.05) is 5.73 Å². The van der Waals surface area contributed by atoms with Crippen LogP contribution in [0, 0.1) is 19.7 Å². The molecule has 1 heterocycles. The van der Waals surface area contributed by atoms with E-state index in [9.17, 15) is 4.39 Å². The number of nitrogen functional groups attached to an aromatic ring is 1. The van der Waals surface area contributed by atoms with Crippen LogP contribution in [0.25, 0.3) is 0 Å². The summed E-state index contributed by atoms with van der Waals surface area (Å²) in [5.74, 6) is 1.81. The molecule has 5 heteroatoms. The summed E-state index contributed by atoms with van der Waals surface area (Å²) in [6.45, 7) is 3.68. The van der Waals surface area contributed by atoms with Crippen molar-refractivity contribution in [3.8, 4) is 0 Å². The molecular weight excluding hydrogens is 231 g/mol. The van der Waals surface area contributed by atoms with Crippen LogP contribution in [0.4, 0.5) is 10.1 Å². The highest BCUT2D eigenvalue weighted by Crippen LogP contribution is 2.13. The van der Waals surface area contributed by atoms with E-state index in [2.05, 4.69) is 15.0 Å². The van der Waals surface area contributed by atoms with Gasteiger partial charge in [0.05, 0.1) is 5.69 Å².